The number of nitrogens with one attached hydrogen (secondary N) is 1. The maximum absolute atomic E-state index is 12.2. The first kappa shape index (κ1) is 19.0. The highest BCUT2D eigenvalue weighted by Crippen LogP contribution is 2.33. The average Bonchev–Trinajstić information content (AvgIpc) is 3.33. The van der Waals surface area contributed by atoms with Gasteiger partial charge in [-0.2, -0.15) is 0 Å². The van der Waals surface area contributed by atoms with Gasteiger partial charge in [0.1, 0.15) is 12.4 Å². The van der Waals surface area contributed by atoms with Crippen molar-refractivity contribution in [3.8, 4) is 5.75 Å². The molecule has 1 saturated carbocycles. The maximum Gasteiger partial charge on any atom is 0.419 e. The Morgan fingerprint density at radius 2 is 1.87 bits per heavy atom. The average molecular weight is 406 g/mol. The molecule has 0 amide bonds. The van der Waals surface area contributed by atoms with Gasteiger partial charge in [-0.3, -0.25) is 4.57 Å². The highest BCUT2D eigenvalue weighted by atomic mass is 16.5. The third kappa shape index (κ3) is 3.87. The van der Waals surface area contributed by atoms with Crippen LogP contribution in [0.15, 0.2) is 57.9 Å². The van der Waals surface area contributed by atoms with Crippen LogP contribution in [0, 0.1) is 0 Å². The number of aromatic nitrogens is 2. The number of hydrogen-bond donors (Lipinski definition) is 1. The fourth-order valence-electron chi connectivity index (χ4n) is 4.33. The molecule has 1 N–H and O–H groups in total. The molecule has 1 aliphatic rings. The van der Waals surface area contributed by atoms with E-state index in [1.165, 1.54) is 19.3 Å². The Balaban J connectivity index is 1.26. The van der Waals surface area contributed by atoms with E-state index in [4.69, 9.17) is 13.9 Å². The Morgan fingerprint density at radius 1 is 1.03 bits per heavy atom. The van der Waals surface area contributed by atoms with Crippen molar-refractivity contribution in [2.45, 2.75) is 51.4 Å². The van der Waals surface area contributed by atoms with Crippen LogP contribution < -0.4 is 10.5 Å². The van der Waals surface area contributed by atoms with Gasteiger partial charge in [-0.1, -0.05) is 43.5 Å². The van der Waals surface area contributed by atoms with Gasteiger partial charge in [-0.15, -0.1) is 0 Å². The second-order valence-electron chi connectivity index (χ2n) is 7.93. The van der Waals surface area contributed by atoms with Crippen LogP contribution >= 0.6 is 0 Å². The molecule has 0 bridgehead atoms. The van der Waals surface area contributed by atoms with Gasteiger partial charge in [0.15, 0.2) is 5.76 Å². The lowest BCUT2D eigenvalue weighted by Gasteiger charge is -2.21. The number of para-hydroxylation sites is 1. The first-order valence-corrected chi connectivity index (χ1v) is 10.7. The van der Waals surface area contributed by atoms with Gasteiger partial charge < -0.3 is 18.9 Å². The summed E-state index contributed by atoms with van der Waals surface area (Å²) in [7, 11) is 0. The second kappa shape index (κ2) is 8.40. The number of ether oxygens (including phenoxy) is 2. The lowest BCUT2D eigenvalue weighted by molar-refractivity contribution is 0.0234. The predicted octanol–water partition coefficient (Wildman–Crippen LogP) is 5.00. The highest BCUT2D eigenvalue weighted by Gasteiger charge is 2.15. The molecule has 0 saturated heterocycles. The molecule has 0 radical (unpaired) electrons. The minimum absolute atomic E-state index is 0.199. The molecular formula is C24H26N2O4. The predicted molar refractivity (Wildman–Crippen MR) is 116 cm³/mol. The van der Waals surface area contributed by atoms with Gasteiger partial charge >= 0.3 is 5.76 Å². The number of nitrogens with zero attached hydrogens (tertiary/aromatic N) is 1. The summed E-state index contributed by atoms with van der Waals surface area (Å²) in [6.45, 7) is 1.22. The molecule has 4 aromatic rings. The fourth-order valence-corrected chi connectivity index (χ4v) is 4.33. The Hall–Kier alpha value is -2.99. The van der Waals surface area contributed by atoms with E-state index in [2.05, 4.69) is 11.1 Å². The molecule has 2 heterocycles. The lowest BCUT2D eigenvalue weighted by Crippen LogP contribution is -2.22. The van der Waals surface area contributed by atoms with Crippen LogP contribution in [0.3, 0.4) is 0 Å². The van der Waals surface area contributed by atoms with Crippen LogP contribution in [0.2, 0.25) is 0 Å². The topological polar surface area (TPSA) is 69.4 Å². The number of oxazole rings is 1. The van der Waals surface area contributed by atoms with Crippen molar-refractivity contribution in [2.24, 2.45) is 0 Å². The zero-order valence-corrected chi connectivity index (χ0v) is 16.9. The van der Waals surface area contributed by atoms with Crippen LogP contribution in [0.25, 0.3) is 21.8 Å². The molecule has 2 aromatic heterocycles. The van der Waals surface area contributed by atoms with E-state index in [0.29, 0.717) is 25.0 Å². The van der Waals surface area contributed by atoms with Crippen LogP contribution in [-0.4, -0.2) is 22.3 Å². The molecule has 156 valence electrons. The summed E-state index contributed by atoms with van der Waals surface area (Å²) in [6.07, 6.45) is 8.08. The summed E-state index contributed by atoms with van der Waals surface area (Å²) in [6, 6.07) is 14.1. The van der Waals surface area contributed by atoms with Gasteiger partial charge in [0.05, 0.1) is 31.0 Å². The van der Waals surface area contributed by atoms with Crippen LogP contribution in [0.4, 0.5) is 0 Å². The minimum Gasteiger partial charge on any atom is -0.485 e. The maximum atomic E-state index is 12.2. The van der Waals surface area contributed by atoms with Crippen molar-refractivity contribution in [1.82, 2.24) is 9.55 Å². The van der Waals surface area contributed by atoms with Crippen molar-refractivity contribution in [2.75, 3.05) is 6.61 Å². The molecule has 0 atom stereocenters. The monoisotopic (exact) mass is 406 g/mol. The van der Waals surface area contributed by atoms with E-state index in [1.807, 2.05) is 36.4 Å². The third-order valence-electron chi connectivity index (χ3n) is 5.85. The number of benzene rings is 2. The minimum atomic E-state index is -0.369. The lowest BCUT2D eigenvalue weighted by atomic mass is 9.98. The molecule has 6 nitrogen and oxygen atoms in total. The summed E-state index contributed by atoms with van der Waals surface area (Å²) < 4.78 is 18.9. The Labute approximate surface area is 174 Å². The van der Waals surface area contributed by atoms with Crippen LogP contribution in [0.1, 0.15) is 37.9 Å². The first-order chi connectivity index (χ1) is 14.8. The van der Waals surface area contributed by atoms with E-state index < -0.39 is 0 Å². The van der Waals surface area contributed by atoms with Crippen molar-refractivity contribution < 1.29 is 13.9 Å². The van der Waals surface area contributed by atoms with Crippen molar-refractivity contribution >= 4 is 21.8 Å². The Bertz CT molecular complexity index is 1200. The molecule has 0 unspecified atom stereocenters. The fraction of sp³-hybridized carbons (Fsp3) is 0.375. The molecular weight excluding hydrogens is 380 g/mol. The van der Waals surface area contributed by atoms with Gasteiger partial charge in [0.25, 0.3) is 0 Å². The first-order valence-electron chi connectivity index (χ1n) is 10.7. The summed E-state index contributed by atoms with van der Waals surface area (Å²) >= 11 is 0. The zero-order chi connectivity index (χ0) is 20.3. The SMILES string of the molecule is O=c1oc(COc2cccc3[nH]c4ccccc4c23)cn1CCOC1CCCCC1. The van der Waals surface area contributed by atoms with E-state index in [0.717, 1.165) is 40.4 Å². The van der Waals surface area contributed by atoms with Crippen molar-refractivity contribution in [3.05, 3.63) is 65.0 Å². The number of rotatable bonds is 7. The van der Waals surface area contributed by atoms with Gasteiger partial charge in [-0.25, -0.2) is 4.79 Å². The quantitative estimate of drug-likeness (QED) is 0.469. The van der Waals surface area contributed by atoms with Gasteiger partial charge in [0, 0.05) is 16.3 Å². The molecule has 2 aromatic carbocycles. The summed E-state index contributed by atoms with van der Waals surface area (Å²) in [5.74, 6) is 0.904. The number of fused-ring (bicyclic) bond motifs is 3. The van der Waals surface area contributed by atoms with Gasteiger partial charge in [0.2, 0.25) is 0 Å². The van der Waals surface area contributed by atoms with Crippen molar-refractivity contribution in [1.29, 1.82) is 0 Å². The molecule has 1 aliphatic carbocycles. The number of hydrogen-bond acceptors (Lipinski definition) is 4. The smallest absolute Gasteiger partial charge is 0.419 e. The number of H-pyrrole nitrogens is 1. The highest BCUT2D eigenvalue weighted by molar-refractivity contribution is 6.10. The molecule has 1 fully saturated rings. The normalized spacial score (nSPS) is 15.2. The standard InChI is InChI=1S/C24H26N2O4/c27-24-26(13-14-28-17-7-2-1-3-8-17)15-18(30-24)16-29-22-12-6-11-21-23(22)19-9-4-5-10-20(19)25-21/h4-6,9-12,15,17,25H,1-3,7-8,13-14,16H2. The van der Waals surface area contributed by atoms with Crippen LogP contribution in [0.5, 0.6) is 5.75 Å². The number of aromatic amines is 1. The summed E-state index contributed by atoms with van der Waals surface area (Å²) in [5, 5.41) is 2.15. The molecule has 5 rings (SSSR count). The molecule has 6 heteroatoms. The molecule has 30 heavy (non-hydrogen) atoms. The Kier molecular flexibility index (Phi) is 5.32. The van der Waals surface area contributed by atoms with E-state index in [-0.39, 0.29) is 12.4 Å². The molecule has 0 spiro atoms. The van der Waals surface area contributed by atoms with Gasteiger partial charge in [-0.05, 0) is 31.0 Å². The summed E-state index contributed by atoms with van der Waals surface area (Å²) in [4.78, 5) is 15.6. The van der Waals surface area contributed by atoms with Crippen LogP contribution in [-0.2, 0) is 17.9 Å². The summed E-state index contributed by atoms with van der Waals surface area (Å²) in [5.41, 5.74) is 2.09. The largest absolute Gasteiger partial charge is 0.485 e. The van der Waals surface area contributed by atoms with Crippen molar-refractivity contribution in [3.63, 3.8) is 0 Å². The van der Waals surface area contributed by atoms with E-state index >= 15 is 0 Å². The van der Waals surface area contributed by atoms with E-state index in [9.17, 15) is 4.79 Å². The Morgan fingerprint density at radius 3 is 2.77 bits per heavy atom. The zero-order valence-electron chi connectivity index (χ0n) is 16.9. The second-order valence-corrected chi connectivity index (χ2v) is 7.93. The molecule has 0 aliphatic heterocycles. The third-order valence-corrected chi connectivity index (χ3v) is 5.85. The van der Waals surface area contributed by atoms with E-state index in [1.54, 1.807) is 10.8 Å².